The number of esters is 1. The molecule has 1 unspecified atom stereocenters. The molecule has 0 saturated heterocycles. The van der Waals surface area contributed by atoms with Crippen molar-refractivity contribution in [3.05, 3.63) is 0 Å². The summed E-state index contributed by atoms with van der Waals surface area (Å²) in [5.41, 5.74) is 0. The average Bonchev–Trinajstić information content (AvgIpc) is 3.11. The normalized spacial score (nSPS) is 17.5. The molecule has 1 aliphatic carbocycles. The summed E-state index contributed by atoms with van der Waals surface area (Å²) in [4.78, 5) is 13.9. The molecule has 16 heavy (non-hydrogen) atoms. The molecular formula is C12H24N2O2. The van der Waals surface area contributed by atoms with Crippen LogP contribution in [0.2, 0.25) is 0 Å². The van der Waals surface area contributed by atoms with Gasteiger partial charge in [0.1, 0.15) is 6.04 Å². The lowest BCUT2D eigenvalue weighted by Gasteiger charge is -2.22. The van der Waals surface area contributed by atoms with Crippen molar-refractivity contribution in [1.29, 1.82) is 0 Å². The Kier molecular flexibility index (Phi) is 5.77. The molecule has 0 aromatic rings. The summed E-state index contributed by atoms with van der Waals surface area (Å²) >= 11 is 0. The minimum absolute atomic E-state index is 0.126. The summed E-state index contributed by atoms with van der Waals surface area (Å²) in [6, 6.07) is 0.416. The Bertz CT molecular complexity index is 213. The van der Waals surface area contributed by atoms with Crippen molar-refractivity contribution >= 4 is 5.97 Å². The predicted octanol–water partition coefficient (Wildman–Crippen LogP) is 1.01. The Morgan fingerprint density at radius 3 is 2.50 bits per heavy atom. The van der Waals surface area contributed by atoms with Gasteiger partial charge in [-0.25, -0.2) is 0 Å². The molecule has 1 aliphatic rings. The van der Waals surface area contributed by atoms with E-state index in [0.29, 0.717) is 6.04 Å². The van der Waals surface area contributed by atoms with Gasteiger partial charge in [0.15, 0.2) is 0 Å². The fourth-order valence-electron chi connectivity index (χ4n) is 1.80. The van der Waals surface area contributed by atoms with Crippen molar-refractivity contribution in [3.8, 4) is 0 Å². The number of hydrogen-bond acceptors (Lipinski definition) is 4. The molecule has 0 bridgehead atoms. The number of carbonyl (C=O) groups excluding carboxylic acids is 1. The minimum Gasteiger partial charge on any atom is -0.468 e. The Hall–Kier alpha value is -0.610. The van der Waals surface area contributed by atoms with E-state index in [1.54, 1.807) is 0 Å². The summed E-state index contributed by atoms with van der Waals surface area (Å²) in [6.07, 6.45) is 3.22. The van der Waals surface area contributed by atoms with Crippen molar-refractivity contribution in [3.63, 3.8) is 0 Å². The lowest BCUT2D eigenvalue weighted by molar-refractivity contribution is -0.143. The minimum atomic E-state index is -0.127. The highest BCUT2D eigenvalue weighted by molar-refractivity contribution is 5.75. The number of methoxy groups -OCH3 is 1. The standard InChI is InChI=1S/C12H24N2O2/c1-4-14(5-2)9-8-11(12(15)16-3)13-10-6-7-10/h10-11,13H,4-9H2,1-3H3. The molecule has 94 valence electrons. The van der Waals surface area contributed by atoms with Crippen LogP contribution in [0.1, 0.15) is 33.1 Å². The highest BCUT2D eigenvalue weighted by Crippen LogP contribution is 2.20. The molecule has 0 heterocycles. The first kappa shape index (κ1) is 13.5. The van der Waals surface area contributed by atoms with Crippen LogP contribution < -0.4 is 5.32 Å². The summed E-state index contributed by atoms with van der Waals surface area (Å²) in [5, 5.41) is 3.34. The van der Waals surface area contributed by atoms with E-state index in [4.69, 9.17) is 4.74 Å². The third-order valence-corrected chi connectivity index (χ3v) is 3.13. The first-order valence-corrected chi connectivity index (χ1v) is 6.27. The molecule has 1 fully saturated rings. The second-order valence-electron chi connectivity index (χ2n) is 4.33. The molecule has 0 spiro atoms. The van der Waals surface area contributed by atoms with Gasteiger partial charge in [0.2, 0.25) is 0 Å². The van der Waals surface area contributed by atoms with Gasteiger partial charge in [-0.15, -0.1) is 0 Å². The number of nitrogens with one attached hydrogen (secondary N) is 1. The maximum atomic E-state index is 11.6. The van der Waals surface area contributed by atoms with Gasteiger partial charge in [-0.3, -0.25) is 4.79 Å². The highest BCUT2D eigenvalue weighted by Gasteiger charge is 2.28. The second kappa shape index (κ2) is 6.86. The lowest BCUT2D eigenvalue weighted by Crippen LogP contribution is -2.41. The zero-order valence-electron chi connectivity index (χ0n) is 10.7. The van der Waals surface area contributed by atoms with Crippen LogP contribution in [0.4, 0.5) is 0 Å². The summed E-state index contributed by atoms with van der Waals surface area (Å²) < 4.78 is 4.82. The van der Waals surface area contributed by atoms with Gasteiger partial charge in [0.25, 0.3) is 0 Å². The van der Waals surface area contributed by atoms with Crippen molar-refractivity contribution < 1.29 is 9.53 Å². The number of carbonyl (C=O) groups is 1. The summed E-state index contributed by atoms with van der Waals surface area (Å²) in [5.74, 6) is -0.126. The maximum absolute atomic E-state index is 11.6. The summed E-state index contributed by atoms with van der Waals surface area (Å²) in [7, 11) is 1.46. The first-order valence-electron chi connectivity index (χ1n) is 6.27. The monoisotopic (exact) mass is 228 g/mol. The van der Waals surface area contributed by atoms with Crippen LogP contribution in [-0.2, 0) is 9.53 Å². The third-order valence-electron chi connectivity index (χ3n) is 3.13. The van der Waals surface area contributed by atoms with Crippen LogP contribution in [0.5, 0.6) is 0 Å². The molecule has 0 aromatic carbocycles. The topological polar surface area (TPSA) is 41.6 Å². The largest absolute Gasteiger partial charge is 0.468 e. The van der Waals surface area contributed by atoms with Crippen LogP contribution in [0.3, 0.4) is 0 Å². The van der Waals surface area contributed by atoms with Crippen LogP contribution in [0, 0.1) is 0 Å². The van der Waals surface area contributed by atoms with Crippen LogP contribution in [-0.4, -0.2) is 49.7 Å². The quantitative estimate of drug-likeness (QED) is 0.630. The molecule has 4 nitrogen and oxygen atoms in total. The molecule has 1 atom stereocenters. The van der Waals surface area contributed by atoms with Crippen molar-refractivity contribution in [2.75, 3.05) is 26.7 Å². The number of rotatable bonds is 8. The smallest absolute Gasteiger partial charge is 0.322 e. The molecule has 0 aliphatic heterocycles. The molecule has 0 aromatic heterocycles. The van der Waals surface area contributed by atoms with Crippen LogP contribution in [0.15, 0.2) is 0 Å². The van der Waals surface area contributed by atoms with E-state index >= 15 is 0 Å². The van der Waals surface area contributed by atoms with E-state index in [0.717, 1.165) is 26.1 Å². The molecular weight excluding hydrogens is 204 g/mol. The van der Waals surface area contributed by atoms with E-state index in [1.165, 1.54) is 20.0 Å². The Morgan fingerprint density at radius 2 is 2.06 bits per heavy atom. The van der Waals surface area contributed by atoms with E-state index in [-0.39, 0.29) is 12.0 Å². The number of nitrogens with zero attached hydrogens (tertiary/aromatic N) is 1. The van der Waals surface area contributed by atoms with Crippen LogP contribution in [0.25, 0.3) is 0 Å². The number of ether oxygens (including phenoxy) is 1. The molecule has 4 heteroatoms. The SMILES string of the molecule is CCN(CC)CCC(NC1CC1)C(=O)OC. The van der Waals surface area contributed by atoms with Gasteiger partial charge in [0, 0.05) is 12.6 Å². The lowest BCUT2D eigenvalue weighted by atomic mass is 10.2. The van der Waals surface area contributed by atoms with E-state index in [2.05, 4.69) is 24.1 Å². The van der Waals surface area contributed by atoms with E-state index < -0.39 is 0 Å². The molecule has 0 radical (unpaired) electrons. The van der Waals surface area contributed by atoms with Crippen LogP contribution >= 0.6 is 0 Å². The Morgan fingerprint density at radius 1 is 1.44 bits per heavy atom. The van der Waals surface area contributed by atoms with Gasteiger partial charge < -0.3 is 15.0 Å². The molecule has 1 saturated carbocycles. The highest BCUT2D eigenvalue weighted by atomic mass is 16.5. The first-order chi connectivity index (χ1) is 7.71. The Balaban J connectivity index is 2.33. The van der Waals surface area contributed by atoms with Crippen molar-refractivity contribution in [2.45, 2.75) is 45.2 Å². The van der Waals surface area contributed by atoms with Crippen molar-refractivity contribution in [2.24, 2.45) is 0 Å². The predicted molar refractivity (Wildman–Crippen MR) is 64.4 cm³/mol. The van der Waals surface area contributed by atoms with Gasteiger partial charge >= 0.3 is 5.97 Å². The van der Waals surface area contributed by atoms with Crippen molar-refractivity contribution in [1.82, 2.24) is 10.2 Å². The fraction of sp³-hybridized carbons (Fsp3) is 0.917. The molecule has 1 N–H and O–H groups in total. The second-order valence-corrected chi connectivity index (χ2v) is 4.33. The maximum Gasteiger partial charge on any atom is 0.322 e. The molecule has 1 rings (SSSR count). The average molecular weight is 228 g/mol. The number of hydrogen-bond donors (Lipinski definition) is 1. The van der Waals surface area contributed by atoms with Gasteiger partial charge in [-0.05, 0) is 32.4 Å². The van der Waals surface area contributed by atoms with E-state index in [1.807, 2.05) is 0 Å². The van der Waals surface area contributed by atoms with E-state index in [9.17, 15) is 4.79 Å². The van der Waals surface area contributed by atoms with Gasteiger partial charge in [0.05, 0.1) is 7.11 Å². The third kappa shape index (κ3) is 4.49. The van der Waals surface area contributed by atoms with Gasteiger partial charge in [-0.2, -0.15) is 0 Å². The zero-order valence-corrected chi connectivity index (χ0v) is 10.7. The fourth-order valence-corrected chi connectivity index (χ4v) is 1.80. The molecule has 0 amide bonds. The zero-order chi connectivity index (χ0) is 12.0. The van der Waals surface area contributed by atoms with Gasteiger partial charge in [-0.1, -0.05) is 13.8 Å². The summed E-state index contributed by atoms with van der Waals surface area (Å²) in [6.45, 7) is 7.31. The Labute approximate surface area is 98.3 Å².